The van der Waals surface area contributed by atoms with Crippen LogP contribution in [0.1, 0.15) is 5.56 Å². The molecule has 0 saturated carbocycles. The number of nitrogens with two attached hydrogens (primary N) is 1. The van der Waals surface area contributed by atoms with Gasteiger partial charge >= 0.3 is 0 Å². The lowest BCUT2D eigenvalue weighted by Crippen LogP contribution is -2.24. The van der Waals surface area contributed by atoms with Gasteiger partial charge < -0.3 is 5.73 Å². The first-order chi connectivity index (χ1) is 9.16. The van der Waals surface area contributed by atoms with Crippen molar-refractivity contribution in [3.63, 3.8) is 0 Å². The Morgan fingerprint density at radius 2 is 2.32 bits per heavy atom. The molecule has 0 unspecified atom stereocenters. The molecule has 8 nitrogen and oxygen atoms in total. The van der Waals surface area contributed by atoms with E-state index in [-0.39, 0.29) is 12.5 Å². The monoisotopic (exact) mass is 279 g/mol. The zero-order valence-electron chi connectivity index (χ0n) is 9.69. The molecule has 0 fully saturated rings. The third kappa shape index (κ3) is 3.49. The minimum atomic E-state index is -0.401. The van der Waals surface area contributed by atoms with Crippen LogP contribution in [-0.4, -0.2) is 32.3 Å². The van der Waals surface area contributed by atoms with Gasteiger partial charge in [-0.15, -0.1) is 0 Å². The first kappa shape index (κ1) is 13.0. The molecule has 1 amide bonds. The highest BCUT2D eigenvalue weighted by Gasteiger charge is 2.06. The number of rotatable bonds is 4. The van der Waals surface area contributed by atoms with Gasteiger partial charge in [0, 0.05) is 10.6 Å². The van der Waals surface area contributed by atoms with E-state index < -0.39 is 5.91 Å². The highest BCUT2D eigenvalue weighted by molar-refractivity contribution is 6.33. The largest absolute Gasteiger partial charge is 0.367 e. The average Bonchev–Trinajstić information content (AvgIpc) is 2.77. The Morgan fingerprint density at radius 1 is 1.53 bits per heavy atom. The van der Waals surface area contributed by atoms with Gasteiger partial charge in [-0.05, 0) is 16.5 Å². The Kier molecular flexibility index (Phi) is 4.04. The Labute approximate surface area is 113 Å². The first-order valence-electron chi connectivity index (χ1n) is 5.25. The number of nitrogens with zero attached hydrogens (tertiary/aromatic N) is 5. The molecule has 9 heteroatoms. The van der Waals surface area contributed by atoms with Crippen LogP contribution in [0.5, 0.6) is 0 Å². The summed E-state index contributed by atoms with van der Waals surface area (Å²) in [5.41, 5.74) is 8.44. The molecular weight excluding hydrogens is 270 g/mol. The highest BCUT2D eigenvalue weighted by Crippen LogP contribution is 2.11. The number of hydrazone groups is 1. The van der Waals surface area contributed by atoms with Crippen molar-refractivity contribution in [2.75, 3.05) is 5.73 Å². The van der Waals surface area contributed by atoms with Crippen molar-refractivity contribution in [2.24, 2.45) is 5.10 Å². The molecule has 0 aliphatic heterocycles. The standard InChI is InChI=1S/C10H10ClN7O/c11-8-4-2-1-3-7(8)5-13-14-9(19)6-18-10(12)15-16-17-18/h1-5H,6H2,(H,14,19)(H2,12,15,17)/b13-5+. The Balaban J connectivity index is 1.91. The van der Waals surface area contributed by atoms with Gasteiger partial charge in [0.25, 0.3) is 5.91 Å². The number of hydrogen-bond donors (Lipinski definition) is 2. The molecule has 0 atom stereocenters. The molecule has 0 saturated heterocycles. The van der Waals surface area contributed by atoms with Gasteiger partial charge in [0.15, 0.2) is 0 Å². The number of benzene rings is 1. The van der Waals surface area contributed by atoms with E-state index in [0.29, 0.717) is 10.6 Å². The SMILES string of the molecule is Nc1nnnn1CC(=O)N/N=C/c1ccccc1Cl. The number of aromatic nitrogens is 4. The Hall–Kier alpha value is -2.48. The van der Waals surface area contributed by atoms with Crippen molar-refractivity contribution in [3.8, 4) is 0 Å². The number of anilines is 1. The van der Waals surface area contributed by atoms with Crippen molar-refractivity contribution in [2.45, 2.75) is 6.54 Å². The predicted octanol–water partition coefficient (Wildman–Crippen LogP) is 0.0590. The molecule has 1 heterocycles. The molecule has 0 aliphatic rings. The molecule has 2 rings (SSSR count). The van der Waals surface area contributed by atoms with Gasteiger partial charge in [0.2, 0.25) is 5.95 Å². The number of carbonyl (C=O) groups excluding carboxylic acids is 1. The summed E-state index contributed by atoms with van der Waals surface area (Å²) in [6.07, 6.45) is 1.45. The van der Waals surface area contributed by atoms with Crippen LogP contribution >= 0.6 is 11.6 Å². The second-order valence-electron chi connectivity index (χ2n) is 3.51. The summed E-state index contributed by atoms with van der Waals surface area (Å²) in [6, 6.07) is 7.12. The van der Waals surface area contributed by atoms with Crippen LogP contribution in [0.2, 0.25) is 5.02 Å². The van der Waals surface area contributed by atoms with Crippen molar-refractivity contribution >= 4 is 29.7 Å². The molecule has 1 aromatic carbocycles. The number of tetrazole rings is 1. The Bertz CT molecular complexity index is 609. The van der Waals surface area contributed by atoms with Gasteiger partial charge in [0.1, 0.15) is 6.54 Å². The predicted molar refractivity (Wildman–Crippen MR) is 69.4 cm³/mol. The summed E-state index contributed by atoms with van der Waals surface area (Å²) in [5.74, 6) is -0.340. The summed E-state index contributed by atoms with van der Waals surface area (Å²) >= 11 is 5.92. The number of amides is 1. The zero-order valence-corrected chi connectivity index (χ0v) is 10.4. The fraction of sp³-hybridized carbons (Fsp3) is 0.100. The topological polar surface area (TPSA) is 111 Å². The fourth-order valence-electron chi connectivity index (χ4n) is 1.25. The van der Waals surface area contributed by atoms with E-state index in [1.54, 1.807) is 18.2 Å². The first-order valence-corrected chi connectivity index (χ1v) is 5.62. The van der Waals surface area contributed by atoms with Crippen molar-refractivity contribution < 1.29 is 4.79 Å². The number of halogens is 1. The molecule has 0 spiro atoms. The van der Waals surface area contributed by atoms with E-state index in [0.717, 1.165) is 4.68 Å². The second kappa shape index (κ2) is 5.91. The van der Waals surface area contributed by atoms with Crippen molar-refractivity contribution in [1.29, 1.82) is 0 Å². The number of carbonyl (C=O) groups is 1. The maximum atomic E-state index is 11.5. The maximum Gasteiger partial charge on any atom is 0.261 e. The molecule has 19 heavy (non-hydrogen) atoms. The van der Waals surface area contributed by atoms with Crippen molar-refractivity contribution in [3.05, 3.63) is 34.9 Å². The minimum Gasteiger partial charge on any atom is -0.367 e. The van der Waals surface area contributed by atoms with Crippen LogP contribution in [0.4, 0.5) is 5.95 Å². The summed E-state index contributed by atoms with van der Waals surface area (Å²) < 4.78 is 1.15. The van der Waals surface area contributed by atoms with Crippen LogP contribution in [0, 0.1) is 0 Å². The lowest BCUT2D eigenvalue weighted by molar-refractivity contribution is -0.121. The third-order valence-corrected chi connectivity index (χ3v) is 2.50. The van der Waals surface area contributed by atoms with Crippen LogP contribution < -0.4 is 11.2 Å². The fourth-order valence-corrected chi connectivity index (χ4v) is 1.43. The minimum absolute atomic E-state index is 0.0604. The molecule has 0 bridgehead atoms. The molecule has 3 N–H and O–H groups in total. The van der Waals surface area contributed by atoms with E-state index >= 15 is 0 Å². The number of nitrogens with one attached hydrogen (secondary N) is 1. The number of nitrogen functional groups attached to an aromatic ring is 1. The van der Waals surface area contributed by atoms with Gasteiger partial charge in [0.05, 0.1) is 6.21 Å². The summed E-state index contributed by atoms with van der Waals surface area (Å²) in [5, 5.41) is 14.6. The van der Waals surface area contributed by atoms with E-state index in [9.17, 15) is 4.79 Å². The molecular formula is C10H10ClN7O. The van der Waals surface area contributed by atoms with E-state index in [2.05, 4.69) is 26.1 Å². The maximum absolute atomic E-state index is 11.5. The van der Waals surface area contributed by atoms with Gasteiger partial charge in [-0.2, -0.15) is 5.10 Å². The van der Waals surface area contributed by atoms with Gasteiger partial charge in [-0.3, -0.25) is 4.79 Å². The zero-order chi connectivity index (χ0) is 13.7. The van der Waals surface area contributed by atoms with E-state index in [4.69, 9.17) is 17.3 Å². The van der Waals surface area contributed by atoms with Crippen molar-refractivity contribution in [1.82, 2.24) is 25.6 Å². The molecule has 1 aromatic heterocycles. The van der Waals surface area contributed by atoms with Gasteiger partial charge in [-0.25, -0.2) is 10.1 Å². The summed E-state index contributed by atoms with van der Waals surface area (Å²) in [6.45, 7) is -0.112. The normalized spacial score (nSPS) is 10.8. The highest BCUT2D eigenvalue weighted by atomic mass is 35.5. The van der Waals surface area contributed by atoms with Gasteiger partial charge in [-0.1, -0.05) is 34.9 Å². The summed E-state index contributed by atoms with van der Waals surface area (Å²) in [4.78, 5) is 11.5. The third-order valence-electron chi connectivity index (χ3n) is 2.15. The van der Waals surface area contributed by atoms with E-state index in [1.165, 1.54) is 6.21 Å². The average molecular weight is 280 g/mol. The molecule has 0 aliphatic carbocycles. The smallest absolute Gasteiger partial charge is 0.261 e. The van der Waals surface area contributed by atoms with Crippen LogP contribution in [-0.2, 0) is 11.3 Å². The van der Waals surface area contributed by atoms with Crippen LogP contribution in [0.15, 0.2) is 29.4 Å². The Morgan fingerprint density at radius 3 is 3.00 bits per heavy atom. The van der Waals surface area contributed by atoms with Crippen LogP contribution in [0.3, 0.4) is 0 Å². The quantitative estimate of drug-likeness (QED) is 0.607. The molecule has 0 radical (unpaired) electrons. The van der Waals surface area contributed by atoms with E-state index in [1.807, 2.05) is 6.07 Å². The molecule has 2 aromatic rings. The lowest BCUT2D eigenvalue weighted by atomic mass is 10.2. The number of hydrogen-bond acceptors (Lipinski definition) is 6. The lowest BCUT2D eigenvalue weighted by Gasteiger charge is -2.00. The summed E-state index contributed by atoms with van der Waals surface area (Å²) in [7, 11) is 0. The molecule has 98 valence electrons. The van der Waals surface area contributed by atoms with Crippen LogP contribution in [0.25, 0.3) is 0 Å². The second-order valence-corrected chi connectivity index (χ2v) is 3.92.